The molecule has 1 N–H and O–H groups in total. The Labute approximate surface area is 119 Å². The molecule has 0 spiro atoms. The molecular weight excluding hydrogens is 281 g/mol. The molecule has 0 aliphatic carbocycles. The molecule has 0 bridgehead atoms. The van der Waals surface area contributed by atoms with E-state index in [9.17, 15) is 18.0 Å². The Kier molecular flexibility index (Phi) is 4.12. The first-order valence-corrected chi connectivity index (χ1v) is 6.05. The SMILES string of the molecule is O=C(O)/C=C/c1ccc(C(F)(F)F)cc1-c1ccccc1. The van der Waals surface area contributed by atoms with Crippen molar-refractivity contribution in [3.05, 3.63) is 65.7 Å². The van der Waals surface area contributed by atoms with E-state index in [4.69, 9.17) is 5.11 Å². The lowest BCUT2D eigenvalue weighted by molar-refractivity contribution is -0.137. The highest BCUT2D eigenvalue weighted by atomic mass is 19.4. The number of carbonyl (C=O) groups is 1. The van der Waals surface area contributed by atoms with E-state index >= 15 is 0 Å². The molecule has 2 aromatic rings. The lowest BCUT2D eigenvalue weighted by atomic mass is 9.96. The van der Waals surface area contributed by atoms with Crippen molar-refractivity contribution in [3.8, 4) is 11.1 Å². The Morgan fingerprint density at radius 3 is 2.29 bits per heavy atom. The monoisotopic (exact) mass is 292 g/mol. The largest absolute Gasteiger partial charge is 0.478 e. The third kappa shape index (κ3) is 3.72. The molecule has 2 aromatic carbocycles. The van der Waals surface area contributed by atoms with Crippen molar-refractivity contribution < 1.29 is 23.1 Å². The standard InChI is InChI=1S/C16H11F3O2/c17-16(18,19)13-8-6-12(7-9-15(20)21)14(10-13)11-4-2-1-3-5-11/h1-10H,(H,20,21)/b9-7+. The number of carboxylic acid groups (broad SMARTS) is 1. The van der Waals surface area contributed by atoms with Crippen molar-refractivity contribution in [2.24, 2.45) is 0 Å². The quantitative estimate of drug-likeness (QED) is 0.847. The molecule has 0 atom stereocenters. The number of hydrogen-bond acceptors (Lipinski definition) is 1. The molecule has 0 heterocycles. The number of benzene rings is 2. The molecule has 0 amide bonds. The summed E-state index contributed by atoms with van der Waals surface area (Å²) in [6.45, 7) is 0. The maximum absolute atomic E-state index is 12.8. The Morgan fingerprint density at radius 2 is 1.71 bits per heavy atom. The average Bonchev–Trinajstić information content (AvgIpc) is 2.45. The van der Waals surface area contributed by atoms with E-state index in [1.165, 1.54) is 12.1 Å². The van der Waals surface area contributed by atoms with Crippen LogP contribution in [-0.4, -0.2) is 11.1 Å². The molecular formula is C16H11F3O2. The number of carboxylic acids is 1. The van der Waals surface area contributed by atoms with Crippen LogP contribution < -0.4 is 0 Å². The zero-order chi connectivity index (χ0) is 15.5. The van der Waals surface area contributed by atoms with Gasteiger partial charge in [-0.1, -0.05) is 36.4 Å². The van der Waals surface area contributed by atoms with E-state index < -0.39 is 17.7 Å². The highest BCUT2D eigenvalue weighted by Crippen LogP contribution is 2.34. The second-order valence-corrected chi connectivity index (χ2v) is 4.34. The summed E-state index contributed by atoms with van der Waals surface area (Å²) in [5.74, 6) is -1.16. The molecule has 108 valence electrons. The van der Waals surface area contributed by atoms with Gasteiger partial charge in [-0.3, -0.25) is 0 Å². The summed E-state index contributed by atoms with van der Waals surface area (Å²) in [7, 11) is 0. The number of rotatable bonds is 3. The van der Waals surface area contributed by atoms with Gasteiger partial charge < -0.3 is 5.11 Å². The molecule has 5 heteroatoms. The molecule has 21 heavy (non-hydrogen) atoms. The highest BCUT2D eigenvalue weighted by Gasteiger charge is 2.30. The van der Waals surface area contributed by atoms with Crippen molar-refractivity contribution in [3.63, 3.8) is 0 Å². The van der Waals surface area contributed by atoms with Crippen molar-refractivity contribution >= 4 is 12.0 Å². The topological polar surface area (TPSA) is 37.3 Å². The van der Waals surface area contributed by atoms with Crippen LogP contribution in [0, 0.1) is 0 Å². The average molecular weight is 292 g/mol. The van der Waals surface area contributed by atoms with Gasteiger partial charge in [0.15, 0.2) is 0 Å². The van der Waals surface area contributed by atoms with E-state index in [2.05, 4.69) is 0 Å². The smallest absolute Gasteiger partial charge is 0.416 e. The van der Waals surface area contributed by atoms with Gasteiger partial charge in [-0.2, -0.15) is 13.2 Å². The van der Waals surface area contributed by atoms with Crippen molar-refractivity contribution in [2.75, 3.05) is 0 Å². The Bertz CT molecular complexity index is 674. The molecule has 0 fully saturated rings. The van der Waals surface area contributed by atoms with Gasteiger partial charge in [0.25, 0.3) is 0 Å². The van der Waals surface area contributed by atoms with Crippen molar-refractivity contribution in [2.45, 2.75) is 6.18 Å². The number of alkyl halides is 3. The van der Waals surface area contributed by atoms with Gasteiger partial charge in [0, 0.05) is 6.08 Å². The second-order valence-electron chi connectivity index (χ2n) is 4.34. The van der Waals surface area contributed by atoms with E-state index in [-0.39, 0.29) is 0 Å². The first-order valence-electron chi connectivity index (χ1n) is 6.05. The van der Waals surface area contributed by atoms with Crippen LogP contribution in [-0.2, 0) is 11.0 Å². The Morgan fingerprint density at radius 1 is 1.05 bits per heavy atom. The molecule has 2 nitrogen and oxygen atoms in total. The van der Waals surface area contributed by atoms with Gasteiger partial charge >= 0.3 is 12.1 Å². The minimum Gasteiger partial charge on any atom is -0.478 e. The zero-order valence-corrected chi connectivity index (χ0v) is 10.8. The van der Waals surface area contributed by atoms with Crippen LogP contribution >= 0.6 is 0 Å². The zero-order valence-electron chi connectivity index (χ0n) is 10.8. The highest BCUT2D eigenvalue weighted by molar-refractivity contribution is 5.88. The normalized spacial score (nSPS) is 11.8. The summed E-state index contributed by atoms with van der Waals surface area (Å²) in [4.78, 5) is 10.6. The van der Waals surface area contributed by atoms with Crippen molar-refractivity contribution in [1.29, 1.82) is 0 Å². The predicted octanol–water partition coefficient (Wildman–Crippen LogP) is 4.47. The van der Waals surface area contributed by atoms with Crippen LogP contribution in [0.3, 0.4) is 0 Å². The summed E-state index contributed by atoms with van der Waals surface area (Å²) in [5.41, 5.74) is 0.571. The maximum atomic E-state index is 12.8. The molecule has 0 aliphatic heterocycles. The van der Waals surface area contributed by atoms with Gasteiger partial charge in [0.2, 0.25) is 0 Å². The molecule has 0 radical (unpaired) electrons. The number of hydrogen-bond donors (Lipinski definition) is 1. The van der Waals surface area contributed by atoms with Gasteiger partial charge in [-0.15, -0.1) is 0 Å². The fraction of sp³-hybridized carbons (Fsp3) is 0.0625. The first kappa shape index (κ1) is 14.8. The van der Waals surface area contributed by atoms with Gasteiger partial charge in [-0.05, 0) is 34.9 Å². The van der Waals surface area contributed by atoms with Gasteiger partial charge in [0.05, 0.1) is 5.56 Å². The fourth-order valence-corrected chi connectivity index (χ4v) is 1.91. The van der Waals surface area contributed by atoms with Gasteiger partial charge in [0.1, 0.15) is 0 Å². The van der Waals surface area contributed by atoms with Crippen molar-refractivity contribution in [1.82, 2.24) is 0 Å². The van der Waals surface area contributed by atoms with E-state index in [0.29, 0.717) is 16.7 Å². The summed E-state index contributed by atoms with van der Waals surface area (Å²) in [6, 6.07) is 11.8. The van der Waals surface area contributed by atoms with E-state index in [1.807, 2.05) is 0 Å². The van der Waals surface area contributed by atoms with Crippen LogP contribution in [0.15, 0.2) is 54.6 Å². The molecule has 0 aliphatic rings. The fourth-order valence-electron chi connectivity index (χ4n) is 1.91. The Hall–Kier alpha value is -2.56. The van der Waals surface area contributed by atoms with Crippen LogP contribution in [0.1, 0.15) is 11.1 Å². The lowest BCUT2D eigenvalue weighted by Crippen LogP contribution is -2.05. The minimum atomic E-state index is -4.45. The Balaban J connectivity index is 2.58. The van der Waals surface area contributed by atoms with Crippen LogP contribution in [0.2, 0.25) is 0 Å². The van der Waals surface area contributed by atoms with E-state index in [1.54, 1.807) is 30.3 Å². The van der Waals surface area contributed by atoms with Crippen LogP contribution in [0.25, 0.3) is 17.2 Å². The van der Waals surface area contributed by atoms with E-state index in [0.717, 1.165) is 18.2 Å². The number of aliphatic carboxylic acids is 1. The molecule has 0 unspecified atom stereocenters. The lowest BCUT2D eigenvalue weighted by Gasteiger charge is -2.12. The summed E-state index contributed by atoms with van der Waals surface area (Å²) >= 11 is 0. The summed E-state index contributed by atoms with van der Waals surface area (Å²) < 4.78 is 38.5. The minimum absolute atomic E-state index is 0.336. The first-order chi connectivity index (χ1) is 9.88. The van der Waals surface area contributed by atoms with Crippen LogP contribution in [0.4, 0.5) is 13.2 Å². The molecule has 0 saturated carbocycles. The number of halogens is 3. The predicted molar refractivity (Wildman–Crippen MR) is 73.5 cm³/mol. The third-order valence-corrected chi connectivity index (χ3v) is 2.87. The molecule has 0 aromatic heterocycles. The maximum Gasteiger partial charge on any atom is 0.416 e. The summed E-state index contributed by atoms with van der Waals surface area (Å²) in [5, 5.41) is 8.65. The third-order valence-electron chi connectivity index (χ3n) is 2.87. The van der Waals surface area contributed by atoms with Gasteiger partial charge in [-0.25, -0.2) is 4.79 Å². The summed E-state index contributed by atoms with van der Waals surface area (Å²) in [6.07, 6.45) is -2.27. The van der Waals surface area contributed by atoms with Crippen LogP contribution in [0.5, 0.6) is 0 Å². The molecule has 0 saturated heterocycles. The second kappa shape index (κ2) is 5.83. The molecule has 2 rings (SSSR count).